The molecule has 1 aliphatic heterocycles. The first-order valence-electron chi connectivity index (χ1n) is 13.0. The van der Waals surface area contributed by atoms with Gasteiger partial charge in [-0.05, 0) is 108 Å². The second-order valence-electron chi connectivity index (χ2n) is 10.8. The maximum absolute atomic E-state index is 12.8. The predicted molar refractivity (Wildman–Crippen MR) is 145 cm³/mol. The number of hydrogen-bond donors (Lipinski definition) is 0. The molecule has 1 unspecified atom stereocenters. The molecular formula is C29H38ClN3O3. The minimum absolute atomic E-state index is 0.191. The predicted octanol–water partition coefficient (Wildman–Crippen LogP) is 7.46. The van der Waals surface area contributed by atoms with Crippen molar-refractivity contribution in [3.8, 4) is 5.75 Å². The van der Waals surface area contributed by atoms with Crippen molar-refractivity contribution in [3.63, 3.8) is 0 Å². The van der Waals surface area contributed by atoms with Crippen molar-refractivity contribution in [1.82, 2.24) is 14.5 Å². The van der Waals surface area contributed by atoms with Crippen molar-refractivity contribution in [2.24, 2.45) is 0 Å². The number of halogens is 1. The van der Waals surface area contributed by atoms with Gasteiger partial charge >= 0.3 is 6.09 Å². The van der Waals surface area contributed by atoms with E-state index in [-0.39, 0.29) is 12.1 Å². The lowest BCUT2D eigenvalue weighted by atomic mass is 9.98. The Morgan fingerprint density at radius 3 is 2.58 bits per heavy atom. The smallest absolute Gasteiger partial charge is 0.410 e. The summed E-state index contributed by atoms with van der Waals surface area (Å²) >= 11 is 6.02. The normalized spacial score (nSPS) is 16.4. The summed E-state index contributed by atoms with van der Waals surface area (Å²) in [5.41, 5.74) is 4.09. The standard InChI is InChI=1S/C29H38ClN3O3/c1-20-11-16-25-27(21(20)2)31-26(19-35-24-14-12-22(30)13-15-24)33(25)18-8-10-23-9-6-7-17-32(23)28(34)36-29(3,4)5/h11-16,23H,6-10,17-19H2,1-5H3. The molecule has 1 aliphatic rings. The number of rotatable bonds is 7. The summed E-state index contributed by atoms with van der Waals surface area (Å²) in [6.07, 6.45) is 4.89. The molecule has 0 spiro atoms. The Labute approximate surface area is 219 Å². The minimum Gasteiger partial charge on any atom is -0.486 e. The SMILES string of the molecule is Cc1ccc2c(nc(COc3ccc(Cl)cc3)n2CCCC2CCCCN2C(=O)OC(C)(C)C)c1C. The van der Waals surface area contributed by atoms with Crippen LogP contribution in [0.4, 0.5) is 4.79 Å². The van der Waals surface area contributed by atoms with E-state index in [1.807, 2.05) is 49.9 Å². The monoisotopic (exact) mass is 511 g/mol. The van der Waals surface area contributed by atoms with Crippen LogP contribution < -0.4 is 4.74 Å². The van der Waals surface area contributed by atoms with Gasteiger partial charge in [-0.3, -0.25) is 0 Å². The van der Waals surface area contributed by atoms with Gasteiger partial charge in [0.15, 0.2) is 0 Å². The van der Waals surface area contributed by atoms with E-state index in [9.17, 15) is 4.79 Å². The lowest BCUT2D eigenvalue weighted by Crippen LogP contribution is -2.46. The Kier molecular flexibility index (Phi) is 8.13. The minimum atomic E-state index is -0.482. The molecule has 0 bridgehead atoms. The van der Waals surface area contributed by atoms with Crippen LogP contribution in [-0.4, -0.2) is 38.7 Å². The first kappa shape index (κ1) is 26.3. The number of nitrogens with zero attached hydrogens (tertiary/aromatic N) is 3. The maximum Gasteiger partial charge on any atom is 0.410 e. The molecule has 1 aromatic heterocycles. The first-order valence-corrected chi connectivity index (χ1v) is 13.3. The number of aromatic nitrogens is 2. The molecular weight excluding hydrogens is 474 g/mol. The number of carbonyl (C=O) groups is 1. The van der Waals surface area contributed by atoms with Gasteiger partial charge in [-0.15, -0.1) is 0 Å². The van der Waals surface area contributed by atoms with Gasteiger partial charge in [0.1, 0.15) is 23.8 Å². The largest absolute Gasteiger partial charge is 0.486 e. The van der Waals surface area contributed by atoms with Crippen molar-refractivity contribution in [2.45, 2.75) is 91.5 Å². The van der Waals surface area contributed by atoms with Crippen LogP contribution in [0.25, 0.3) is 11.0 Å². The number of fused-ring (bicyclic) bond motifs is 1. The topological polar surface area (TPSA) is 56.6 Å². The van der Waals surface area contributed by atoms with E-state index in [1.54, 1.807) is 0 Å². The number of hydrogen-bond acceptors (Lipinski definition) is 4. The highest BCUT2D eigenvalue weighted by Crippen LogP contribution is 2.27. The zero-order chi connectivity index (χ0) is 25.9. The van der Waals surface area contributed by atoms with Gasteiger partial charge in [0.2, 0.25) is 0 Å². The van der Waals surface area contributed by atoms with Crippen molar-refractivity contribution < 1.29 is 14.3 Å². The number of likely N-dealkylation sites (tertiary alicyclic amines) is 1. The molecule has 1 saturated heterocycles. The van der Waals surface area contributed by atoms with Crippen LogP contribution in [0.5, 0.6) is 5.75 Å². The van der Waals surface area contributed by atoms with E-state index < -0.39 is 5.60 Å². The molecule has 0 saturated carbocycles. The molecule has 3 aromatic rings. The fourth-order valence-electron chi connectivity index (χ4n) is 4.86. The van der Waals surface area contributed by atoms with Crippen LogP contribution >= 0.6 is 11.6 Å². The average molecular weight is 512 g/mol. The molecule has 2 heterocycles. The molecule has 2 aromatic carbocycles. The van der Waals surface area contributed by atoms with E-state index in [0.717, 1.165) is 67.8 Å². The molecule has 1 fully saturated rings. The average Bonchev–Trinajstić information content (AvgIpc) is 3.18. The van der Waals surface area contributed by atoms with E-state index in [2.05, 4.69) is 30.5 Å². The molecule has 36 heavy (non-hydrogen) atoms. The third-order valence-corrected chi connectivity index (χ3v) is 7.13. The Morgan fingerprint density at radius 1 is 1.11 bits per heavy atom. The number of carbonyl (C=O) groups excluding carboxylic acids is 1. The Morgan fingerprint density at radius 2 is 1.86 bits per heavy atom. The van der Waals surface area contributed by atoms with Gasteiger partial charge in [-0.25, -0.2) is 9.78 Å². The van der Waals surface area contributed by atoms with Gasteiger partial charge in [-0.2, -0.15) is 0 Å². The fraction of sp³-hybridized carbons (Fsp3) is 0.517. The highest BCUT2D eigenvalue weighted by Gasteiger charge is 2.30. The first-order chi connectivity index (χ1) is 17.1. The second-order valence-corrected chi connectivity index (χ2v) is 11.2. The van der Waals surface area contributed by atoms with Crippen LogP contribution in [0.2, 0.25) is 5.02 Å². The highest BCUT2D eigenvalue weighted by molar-refractivity contribution is 6.30. The summed E-state index contributed by atoms with van der Waals surface area (Å²) in [4.78, 5) is 19.7. The van der Waals surface area contributed by atoms with E-state index in [0.29, 0.717) is 11.6 Å². The summed E-state index contributed by atoms with van der Waals surface area (Å²) in [5.74, 6) is 1.67. The lowest BCUT2D eigenvalue weighted by molar-refractivity contribution is 0.00852. The van der Waals surface area contributed by atoms with E-state index in [1.165, 1.54) is 11.1 Å². The third kappa shape index (κ3) is 6.33. The summed E-state index contributed by atoms with van der Waals surface area (Å²) in [5, 5.41) is 0.684. The summed E-state index contributed by atoms with van der Waals surface area (Å²) in [7, 11) is 0. The number of piperidine rings is 1. The quantitative estimate of drug-likeness (QED) is 0.330. The van der Waals surface area contributed by atoms with Crippen LogP contribution in [0.15, 0.2) is 36.4 Å². The molecule has 194 valence electrons. The molecule has 4 rings (SSSR count). The third-order valence-electron chi connectivity index (χ3n) is 6.88. The van der Waals surface area contributed by atoms with Crippen molar-refractivity contribution in [1.29, 1.82) is 0 Å². The molecule has 0 aliphatic carbocycles. The van der Waals surface area contributed by atoms with Gasteiger partial charge in [0.05, 0.1) is 11.0 Å². The van der Waals surface area contributed by atoms with E-state index >= 15 is 0 Å². The van der Waals surface area contributed by atoms with Gasteiger partial charge in [0.25, 0.3) is 0 Å². The van der Waals surface area contributed by atoms with E-state index in [4.69, 9.17) is 26.1 Å². The molecule has 0 radical (unpaired) electrons. The molecule has 1 amide bonds. The number of benzene rings is 2. The van der Waals surface area contributed by atoms with Crippen molar-refractivity contribution in [2.75, 3.05) is 6.54 Å². The number of ether oxygens (including phenoxy) is 2. The van der Waals surface area contributed by atoms with Crippen LogP contribution in [0, 0.1) is 13.8 Å². The van der Waals surface area contributed by atoms with Crippen molar-refractivity contribution in [3.05, 3.63) is 58.4 Å². The Balaban J connectivity index is 1.49. The molecule has 7 heteroatoms. The van der Waals surface area contributed by atoms with Crippen molar-refractivity contribution >= 4 is 28.7 Å². The molecule has 1 atom stereocenters. The van der Waals surface area contributed by atoms with Gasteiger partial charge in [-0.1, -0.05) is 17.7 Å². The maximum atomic E-state index is 12.8. The molecule has 6 nitrogen and oxygen atoms in total. The number of imidazole rings is 1. The summed E-state index contributed by atoms with van der Waals surface area (Å²) in [6.45, 7) is 12.0. The summed E-state index contributed by atoms with van der Waals surface area (Å²) in [6, 6.07) is 11.9. The van der Waals surface area contributed by atoms with Gasteiger partial charge in [0, 0.05) is 24.2 Å². The Hall–Kier alpha value is -2.73. The number of amides is 1. The Bertz CT molecular complexity index is 1200. The molecule has 0 N–H and O–H groups in total. The van der Waals surface area contributed by atoms with Crippen LogP contribution in [-0.2, 0) is 17.9 Å². The van der Waals surface area contributed by atoms with Gasteiger partial charge < -0.3 is 18.9 Å². The fourth-order valence-corrected chi connectivity index (χ4v) is 4.99. The lowest BCUT2D eigenvalue weighted by Gasteiger charge is -2.37. The zero-order valence-electron chi connectivity index (χ0n) is 22.1. The van der Waals surface area contributed by atoms with Crippen LogP contribution in [0.1, 0.15) is 69.8 Å². The summed E-state index contributed by atoms with van der Waals surface area (Å²) < 4.78 is 14.0. The number of aryl methyl sites for hydroxylation is 3. The highest BCUT2D eigenvalue weighted by atomic mass is 35.5. The van der Waals surface area contributed by atoms with Crippen LogP contribution in [0.3, 0.4) is 0 Å². The second kappa shape index (κ2) is 11.1. The zero-order valence-corrected chi connectivity index (χ0v) is 22.9.